The van der Waals surface area contributed by atoms with Crippen LogP contribution in [0.3, 0.4) is 0 Å². The number of halogens is 2. The Morgan fingerprint density at radius 1 is 1.05 bits per heavy atom. The normalized spacial score (nSPS) is 10.2. The van der Waals surface area contributed by atoms with Gasteiger partial charge in [0.2, 0.25) is 0 Å². The monoisotopic (exact) mass is 368 g/mol. The predicted molar refractivity (Wildman–Crippen MR) is 45.4 cm³/mol. The van der Waals surface area contributed by atoms with Crippen molar-refractivity contribution in [3.8, 4) is 0 Å². The maximum Gasteiger partial charge on any atom is 0.599 e. The van der Waals surface area contributed by atoms with Crippen LogP contribution < -0.4 is 48.0 Å². The molecular weight excluding hydrogens is 355 g/mol. The van der Waals surface area contributed by atoms with Crippen LogP contribution >= 0.6 is 0 Å². The van der Waals surface area contributed by atoms with Gasteiger partial charge in [-0.2, -0.15) is 4.79 Å². The standard InChI is InChI=1S/C8H9NO2.2ClHO4.H3N/c1-2-7-5-3-4-6-9(7)8(10)11;2*2-1(3,4)5;/h3-6H,2H2,1H3;2*(H,2,3,4,5);1H3. The number of rotatable bonds is 1. The van der Waals surface area contributed by atoms with Crippen molar-refractivity contribution >= 4 is 6.09 Å². The smallest absolute Gasteiger partial charge is 0.427 e. The lowest BCUT2D eigenvalue weighted by molar-refractivity contribution is -2.00. The SMILES string of the molecule is CCc1cccc[n+]1C(=O)O.[NH4+].[O-][Cl+3]([O-])([O-])[O-].[O-][Cl+3]([O-])([O-])[O-]. The molecule has 1 aromatic heterocycles. The molecule has 14 heteroatoms. The number of carbonyl (C=O) groups is 1. The van der Waals surface area contributed by atoms with Gasteiger partial charge in [0, 0.05) is 18.6 Å². The summed E-state index contributed by atoms with van der Waals surface area (Å²) in [5.41, 5.74) is 0.806. The van der Waals surface area contributed by atoms with Crippen LogP contribution in [0.25, 0.3) is 0 Å². The average molecular weight is 369 g/mol. The van der Waals surface area contributed by atoms with E-state index in [1.807, 2.05) is 13.0 Å². The Hall–Kier alpha value is -1.16. The largest absolute Gasteiger partial charge is 0.599 e. The van der Waals surface area contributed by atoms with Crippen molar-refractivity contribution in [3.05, 3.63) is 30.1 Å². The van der Waals surface area contributed by atoms with E-state index in [4.69, 9.17) is 42.4 Å². The summed E-state index contributed by atoms with van der Waals surface area (Å²) in [7, 11) is -9.89. The van der Waals surface area contributed by atoms with E-state index in [9.17, 15) is 4.79 Å². The van der Waals surface area contributed by atoms with Gasteiger partial charge in [-0.05, 0) is 0 Å². The Balaban J connectivity index is -0.000000279. The van der Waals surface area contributed by atoms with Gasteiger partial charge >= 0.3 is 6.09 Å². The average Bonchev–Trinajstić information content (AvgIpc) is 2.24. The molecule has 12 nitrogen and oxygen atoms in total. The maximum absolute atomic E-state index is 10.5. The second-order valence-corrected chi connectivity index (χ2v) is 4.47. The van der Waals surface area contributed by atoms with Crippen LogP contribution in [-0.2, 0) is 6.42 Å². The first-order valence-corrected chi connectivity index (χ1v) is 7.19. The number of hydrogen-bond donors (Lipinski definition) is 2. The van der Waals surface area contributed by atoms with Crippen LogP contribution in [0, 0.1) is 20.5 Å². The summed E-state index contributed by atoms with van der Waals surface area (Å²) in [6.07, 6.45) is 1.34. The van der Waals surface area contributed by atoms with Crippen LogP contribution in [-0.4, -0.2) is 11.2 Å². The summed E-state index contributed by atoms with van der Waals surface area (Å²) in [6.45, 7) is 1.93. The molecule has 0 spiro atoms. The van der Waals surface area contributed by atoms with E-state index >= 15 is 0 Å². The second-order valence-electron chi connectivity index (χ2n) is 2.95. The molecule has 0 fully saturated rings. The quantitative estimate of drug-likeness (QED) is 0.441. The summed E-state index contributed by atoms with van der Waals surface area (Å²) in [6, 6.07) is 5.33. The third-order valence-electron chi connectivity index (χ3n) is 1.51. The van der Waals surface area contributed by atoms with Crippen LogP contribution in [0.15, 0.2) is 24.4 Å². The lowest BCUT2D eigenvalue weighted by Gasteiger charge is -2.17. The first-order valence-electron chi connectivity index (χ1n) is 4.72. The van der Waals surface area contributed by atoms with Gasteiger partial charge in [0.05, 0.1) is 0 Å². The van der Waals surface area contributed by atoms with Crippen molar-refractivity contribution in [1.29, 1.82) is 0 Å². The molecule has 0 aliphatic carbocycles. The van der Waals surface area contributed by atoms with Crippen LogP contribution in [0.1, 0.15) is 12.6 Å². The van der Waals surface area contributed by atoms with Gasteiger partial charge in [-0.15, -0.1) is 20.5 Å². The van der Waals surface area contributed by atoms with Gasteiger partial charge in [-0.25, -0.2) is 37.3 Å². The number of pyridine rings is 1. The molecule has 0 aliphatic heterocycles. The fourth-order valence-corrected chi connectivity index (χ4v) is 0.953. The van der Waals surface area contributed by atoms with Crippen LogP contribution in [0.5, 0.6) is 0 Å². The molecule has 0 aliphatic rings. The van der Waals surface area contributed by atoms with Crippen molar-refractivity contribution in [2.75, 3.05) is 0 Å². The topological polar surface area (TPSA) is 262 Å². The van der Waals surface area contributed by atoms with Gasteiger partial charge < -0.3 is 11.3 Å². The van der Waals surface area contributed by atoms with Crippen molar-refractivity contribution < 1.29 is 72.2 Å². The zero-order valence-corrected chi connectivity index (χ0v) is 12.9. The molecule has 0 saturated heterocycles. The Morgan fingerprint density at radius 2 is 1.41 bits per heavy atom. The summed E-state index contributed by atoms with van der Waals surface area (Å²) in [4.78, 5) is 10.5. The first kappa shape index (κ1) is 25.8. The molecule has 22 heavy (non-hydrogen) atoms. The zero-order valence-electron chi connectivity index (χ0n) is 11.3. The Bertz CT molecular complexity index is 410. The molecule has 1 aromatic rings. The number of hydrogen-bond acceptors (Lipinski definition) is 9. The molecular formula is C8H14Cl2N2O10. The number of carboxylic acid groups (broad SMARTS) is 1. The molecule has 0 amide bonds. The van der Waals surface area contributed by atoms with Crippen molar-refractivity contribution in [2.45, 2.75) is 13.3 Å². The lowest BCUT2D eigenvalue weighted by Crippen LogP contribution is -2.68. The molecule has 0 unspecified atom stereocenters. The fraction of sp³-hybridized carbons (Fsp3) is 0.250. The minimum absolute atomic E-state index is 0. The third kappa shape index (κ3) is 23.9. The minimum atomic E-state index is -4.94. The van der Waals surface area contributed by atoms with E-state index in [1.165, 1.54) is 4.57 Å². The Kier molecular flexibility index (Phi) is 13.4. The highest BCUT2D eigenvalue weighted by Gasteiger charge is 2.15. The number of nitrogens with zero attached hydrogens (tertiary/aromatic N) is 1. The molecule has 0 aromatic carbocycles. The molecule has 0 radical (unpaired) electrons. The predicted octanol–water partition coefficient (Wildman–Crippen LogP) is -8.07. The summed E-state index contributed by atoms with van der Waals surface area (Å²) < 4.78 is 69.2. The van der Waals surface area contributed by atoms with Crippen molar-refractivity contribution in [1.82, 2.24) is 6.15 Å². The molecule has 0 atom stereocenters. The van der Waals surface area contributed by atoms with Crippen LogP contribution in [0.4, 0.5) is 4.79 Å². The van der Waals surface area contributed by atoms with Crippen molar-refractivity contribution in [3.63, 3.8) is 0 Å². The first-order chi connectivity index (χ1) is 9.25. The summed E-state index contributed by atoms with van der Waals surface area (Å²) in [5, 5.41) is 8.66. The van der Waals surface area contributed by atoms with Crippen molar-refractivity contribution in [2.24, 2.45) is 0 Å². The van der Waals surface area contributed by atoms with E-state index < -0.39 is 26.6 Å². The second kappa shape index (κ2) is 11.4. The molecule has 0 bridgehead atoms. The molecule has 130 valence electrons. The van der Waals surface area contributed by atoms with Gasteiger partial charge in [-0.3, -0.25) is 0 Å². The Labute approximate surface area is 128 Å². The van der Waals surface area contributed by atoms with E-state index in [-0.39, 0.29) is 6.15 Å². The van der Waals surface area contributed by atoms with E-state index in [0.717, 1.165) is 12.1 Å². The maximum atomic E-state index is 10.5. The fourth-order valence-electron chi connectivity index (χ4n) is 0.953. The summed E-state index contributed by atoms with van der Waals surface area (Å²) in [5.74, 6) is 0. The van der Waals surface area contributed by atoms with Gasteiger partial charge in [-0.1, -0.05) is 17.6 Å². The Morgan fingerprint density at radius 3 is 1.64 bits per heavy atom. The molecule has 0 saturated carbocycles. The highest BCUT2D eigenvalue weighted by molar-refractivity contribution is 5.53. The van der Waals surface area contributed by atoms with E-state index in [2.05, 4.69) is 0 Å². The van der Waals surface area contributed by atoms with Gasteiger partial charge in [0.15, 0.2) is 11.9 Å². The minimum Gasteiger partial charge on any atom is -0.427 e. The molecule has 1 rings (SSSR count). The van der Waals surface area contributed by atoms with Gasteiger partial charge in [0.1, 0.15) is 0 Å². The third-order valence-corrected chi connectivity index (χ3v) is 1.51. The number of quaternary nitrogens is 1. The van der Waals surface area contributed by atoms with Crippen LogP contribution in [0.2, 0.25) is 0 Å². The lowest BCUT2D eigenvalue weighted by atomic mass is 10.3. The highest BCUT2D eigenvalue weighted by atomic mass is 35.7. The van der Waals surface area contributed by atoms with E-state index in [0.29, 0.717) is 0 Å². The number of aromatic nitrogens is 1. The van der Waals surface area contributed by atoms with E-state index in [1.54, 1.807) is 18.3 Å². The molecule has 5 N–H and O–H groups in total. The highest BCUT2D eigenvalue weighted by Crippen LogP contribution is 1.91. The number of aryl methyl sites for hydroxylation is 1. The summed E-state index contributed by atoms with van der Waals surface area (Å²) >= 11 is 0. The van der Waals surface area contributed by atoms with Gasteiger partial charge in [0.25, 0.3) is 0 Å². The zero-order chi connectivity index (χ0) is 17.3. The molecule has 1 heterocycles.